The van der Waals surface area contributed by atoms with E-state index < -0.39 is 22.3 Å². The lowest BCUT2D eigenvalue weighted by atomic mass is 9.89. The number of likely N-dealkylation sites (tertiary alicyclic amines) is 1. The summed E-state index contributed by atoms with van der Waals surface area (Å²) in [5.74, 6) is 0.951. The van der Waals surface area contributed by atoms with Gasteiger partial charge in [-0.25, -0.2) is 0 Å². The summed E-state index contributed by atoms with van der Waals surface area (Å²) in [6, 6.07) is 13.5. The molecule has 1 saturated heterocycles. The second-order valence-corrected chi connectivity index (χ2v) is 10.3. The van der Waals surface area contributed by atoms with Crippen LogP contribution in [0.4, 0.5) is 19.0 Å². The van der Waals surface area contributed by atoms with E-state index in [1.165, 1.54) is 23.9 Å². The van der Waals surface area contributed by atoms with Crippen molar-refractivity contribution in [2.45, 2.75) is 44.0 Å². The highest BCUT2D eigenvalue weighted by Crippen LogP contribution is 2.33. The molecule has 1 aromatic heterocycles. The molecule has 0 aliphatic carbocycles. The lowest BCUT2D eigenvalue weighted by Gasteiger charge is -2.31. The smallest absolute Gasteiger partial charge is 0.416 e. The van der Waals surface area contributed by atoms with Crippen LogP contribution in [-0.2, 0) is 12.7 Å². The first-order valence-corrected chi connectivity index (χ1v) is 12.8. The number of halogens is 3. The van der Waals surface area contributed by atoms with Crippen LogP contribution in [0.25, 0.3) is 6.08 Å². The minimum absolute atomic E-state index is 0.226. The molecule has 0 bridgehead atoms. The van der Waals surface area contributed by atoms with Gasteiger partial charge in [0.05, 0.1) is 12.1 Å². The van der Waals surface area contributed by atoms with E-state index >= 15 is 0 Å². The topological polar surface area (TPSA) is 82.7 Å². The summed E-state index contributed by atoms with van der Waals surface area (Å²) < 4.78 is 51.5. The van der Waals surface area contributed by atoms with E-state index in [4.69, 9.17) is 9.47 Å². The molecule has 1 fully saturated rings. The molecule has 0 spiro atoms. The van der Waals surface area contributed by atoms with Gasteiger partial charge < -0.3 is 19.6 Å². The van der Waals surface area contributed by atoms with Crippen molar-refractivity contribution in [2.75, 3.05) is 26.2 Å². The lowest BCUT2D eigenvalue weighted by molar-refractivity contribution is -0.389. The van der Waals surface area contributed by atoms with Crippen LogP contribution in [0.1, 0.15) is 42.4 Å². The van der Waals surface area contributed by atoms with Gasteiger partial charge >= 0.3 is 18.0 Å². The minimum atomic E-state index is -4.32. The van der Waals surface area contributed by atoms with Gasteiger partial charge in [-0.05, 0) is 79.1 Å². The van der Waals surface area contributed by atoms with Crippen molar-refractivity contribution in [1.29, 1.82) is 0 Å². The van der Waals surface area contributed by atoms with Crippen LogP contribution >= 0.6 is 0 Å². The first-order valence-electron chi connectivity index (χ1n) is 12.8. The van der Waals surface area contributed by atoms with E-state index in [0.29, 0.717) is 12.5 Å². The Balaban J connectivity index is 1.05. The quantitative estimate of drug-likeness (QED) is 0.259. The third-order valence-electron chi connectivity index (χ3n) is 7.15. The molecule has 2 aliphatic heterocycles. The maximum atomic E-state index is 12.7. The van der Waals surface area contributed by atoms with Crippen molar-refractivity contribution < 1.29 is 27.6 Å². The number of benzene rings is 2. The van der Waals surface area contributed by atoms with Crippen LogP contribution in [0.2, 0.25) is 0 Å². The Bertz CT molecular complexity index is 1300. The van der Waals surface area contributed by atoms with E-state index in [-0.39, 0.29) is 18.4 Å². The molecule has 3 heterocycles. The third-order valence-corrected chi connectivity index (χ3v) is 7.15. The zero-order valence-electron chi connectivity index (χ0n) is 21.4. The molecule has 206 valence electrons. The average Bonchev–Trinajstić information content (AvgIpc) is 3.44. The SMILES string of the molecule is C[C@]1(COc2ccc(C3CCN(C/C=C/c4ccc(C(F)(F)F)cc4)CC3)cc2)Cn2cc([N+](=O)[O-])nc2O1. The van der Waals surface area contributed by atoms with Crippen LogP contribution in [0.5, 0.6) is 11.8 Å². The number of hydrogen-bond donors (Lipinski definition) is 0. The van der Waals surface area contributed by atoms with E-state index in [1.54, 1.807) is 4.57 Å². The number of rotatable bonds is 8. The zero-order valence-corrected chi connectivity index (χ0v) is 21.4. The van der Waals surface area contributed by atoms with E-state index in [2.05, 4.69) is 22.0 Å². The van der Waals surface area contributed by atoms with E-state index in [1.807, 2.05) is 31.2 Å². The second-order valence-electron chi connectivity index (χ2n) is 10.3. The van der Waals surface area contributed by atoms with Crippen LogP contribution in [-0.4, -0.2) is 51.2 Å². The van der Waals surface area contributed by atoms with Gasteiger partial charge in [0.2, 0.25) is 0 Å². The van der Waals surface area contributed by atoms with Crippen LogP contribution in [0, 0.1) is 10.1 Å². The molecular weight excluding hydrogens is 513 g/mol. The summed E-state index contributed by atoms with van der Waals surface area (Å²) in [6.45, 7) is 5.23. The maximum Gasteiger partial charge on any atom is 0.416 e. The molecular formula is C28H29F3N4O4. The van der Waals surface area contributed by atoms with Gasteiger partial charge in [0.1, 0.15) is 18.6 Å². The molecule has 0 radical (unpaired) electrons. The van der Waals surface area contributed by atoms with Crippen LogP contribution < -0.4 is 9.47 Å². The molecule has 2 aromatic carbocycles. The Hall–Kier alpha value is -3.86. The fourth-order valence-electron chi connectivity index (χ4n) is 5.00. The van der Waals surface area contributed by atoms with Gasteiger partial charge in [-0.15, -0.1) is 0 Å². The van der Waals surface area contributed by atoms with Crippen molar-refractivity contribution in [3.8, 4) is 11.8 Å². The van der Waals surface area contributed by atoms with Gasteiger partial charge in [-0.1, -0.05) is 36.4 Å². The molecule has 1 atom stereocenters. The normalized spacial score (nSPS) is 20.2. The number of hydrogen-bond acceptors (Lipinski definition) is 6. The largest absolute Gasteiger partial charge is 0.489 e. The molecule has 3 aromatic rings. The summed E-state index contributed by atoms with van der Waals surface area (Å²) >= 11 is 0. The first-order chi connectivity index (χ1) is 18.6. The number of fused-ring (bicyclic) bond motifs is 1. The van der Waals surface area contributed by atoms with E-state index in [9.17, 15) is 23.3 Å². The number of aromatic nitrogens is 2. The molecule has 11 heteroatoms. The predicted octanol–water partition coefficient (Wildman–Crippen LogP) is 5.93. The summed E-state index contributed by atoms with van der Waals surface area (Å²) in [7, 11) is 0. The van der Waals surface area contributed by atoms with E-state index in [0.717, 1.165) is 55.9 Å². The van der Waals surface area contributed by atoms with Crippen molar-refractivity contribution in [2.24, 2.45) is 0 Å². The predicted molar refractivity (Wildman–Crippen MR) is 139 cm³/mol. The van der Waals surface area contributed by atoms with Gasteiger partial charge in [0.25, 0.3) is 0 Å². The molecule has 5 rings (SSSR count). The number of alkyl halides is 3. The number of imidazole rings is 1. The van der Waals surface area contributed by atoms with Crippen molar-refractivity contribution in [3.05, 3.63) is 87.6 Å². The Labute approximate surface area is 223 Å². The first kappa shape index (κ1) is 26.7. The summed E-state index contributed by atoms with van der Waals surface area (Å²) in [4.78, 5) is 16.6. The number of nitro groups is 1. The van der Waals surface area contributed by atoms with Crippen LogP contribution in [0.15, 0.2) is 60.8 Å². The molecule has 0 unspecified atom stereocenters. The molecule has 39 heavy (non-hydrogen) atoms. The summed E-state index contributed by atoms with van der Waals surface area (Å²) in [5.41, 5.74) is 0.716. The fourth-order valence-corrected chi connectivity index (χ4v) is 5.00. The van der Waals surface area contributed by atoms with Crippen LogP contribution in [0.3, 0.4) is 0 Å². The Morgan fingerprint density at radius 1 is 1.15 bits per heavy atom. The average molecular weight is 543 g/mol. The molecule has 2 aliphatic rings. The molecule has 0 amide bonds. The fraction of sp³-hybridized carbons (Fsp3) is 0.393. The third kappa shape index (κ3) is 6.42. The van der Waals surface area contributed by atoms with Gasteiger partial charge in [0, 0.05) is 11.5 Å². The summed E-state index contributed by atoms with van der Waals surface area (Å²) in [5, 5.41) is 10.9. The lowest BCUT2D eigenvalue weighted by Crippen LogP contribution is -2.38. The van der Waals surface area contributed by atoms with Gasteiger partial charge in [-0.3, -0.25) is 9.47 Å². The van der Waals surface area contributed by atoms with Gasteiger partial charge in [0.15, 0.2) is 5.60 Å². The summed E-state index contributed by atoms with van der Waals surface area (Å²) in [6.07, 6.45) is 2.97. The highest BCUT2D eigenvalue weighted by molar-refractivity contribution is 5.50. The minimum Gasteiger partial charge on any atom is -0.489 e. The zero-order chi connectivity index (χ0) is 27.6. The molecule has 0 N–H and O–H groups in total. The highest BCUT2D eigenvalue weighted by Gasteiger charge is 2.41. The Morgan fingerprint density at radius 2 is 1.85 bits per heavy atom. The standard InChI is InChI=1S/C28H29F3N4O4/c1-27(18-34-17-25(35(36)37)32-26(34)39-27)19-38-24-10-6-21(7-11-24)22-12-15-33(16-13-22)14-2-3-20-4-8-23(9-5-20)28(29,30)31/h2-11,17,22H,12-16,18-19H2,1H3/b3-2+/t27-/m1/s1. The van der Waals surface area contributed by atoms with Crippen molar-refractivity contribution in [1.82, 2.24) is 14.5 Å². The number of ether oxygens (including phenoxy) is 2. The Morgan fingerprint density at radius 3 is 2.46 bits per heavy atom. The maximum absolute atomic E-state index is 12.7. The van der Waals surface area contributed by atoms with Crippen molar-refractivity contribution >= 4 is 11.9 Å². The second kappa shape index (κ2) is 10.7. The molecule has 8 nitrogen and oxygen atoms in total. The monoisotopic (exact) mass is 542 g/mol. The van der Waals surface area contributed by atoms with Gasteiger partial charge in [-0.2, -0.15) is 13.2 Å². The Kier molecular flexibility index (Phi) is 7.35. The van der Waals surface area contributed by atoms with Crippen molar-refractivity contribution in [3.63, 3.8) is 0 Å². The highest BCUT2D eigenvalue weighted by atomic mass is 19.4. The number of nitrogens with zero attached hydrogens (tertiary/aromatic N) is 4. The molecule has 0 saturated carbocycles. The number of piperidine rings is 1.